The Morgan fingerprint density at radius 1 is 0.780 bits per heavy atom. The van der Waals surface area contributed by atoms with E-state index >= 15 is 0 Å². The van der Waals surface area contributed by atoms with Crippen molar-refractivity contribution in [2.45, 2.75) is 62.7 Å². The fraction of sp³-hybridized carbons (Fsp3) is 0.400. The molecule has 4 atom stereocenters. The topological polar surface area (TPSA) is 284 Å². The van der Waals surface area contributed by atoms with Crippen LogP contribution in [0.1, 0.15) is 37.7 Å². The maximum Gasteiger partial charge on any atom is 0.326 e. The van der Waals surface area contributed by atoms with Gasteiger partial charge in [-0.3, -0.25) is 28.8 Å². The number of carbonyl (C=O) groups is 7. The third-order valence-electron chi connectivity index (χ3n) is 6.04. The van der Waals surface area contributed by atoms with Crippen molar-refractivity contribution < 1.29 is 48.9 Å². The number of nitrogens with one attached hydrogen (secondary N) is 4. The second kappa shape index (κ2) is 15.0. The zero-order valence-corrected chi connectivity index (χ0v) is 21.8. The lowest BCUT2D eigenvalue weighted by atomic mass is 10.0. The third-order valence-corrected chi connectivity index (χ3v) is 6.04. The number of H-pyrrole nitrogens is 1. The molecule has 0 fully saturated rings. The number of fused-ring (bicyclic) bond motifs is 1. The lowest BCUT2D eigenvalue weighted by Crippen LogP contribution is -2.58. The largest absolute Gasteiger partial charge is 0.481 e. The van der Waals surface area contributed by atoms with Gasteiger partial charge in [-0.25, -0.2) is 4.79 Å². The summed E-state index contributed by atoms with van der Waals surface area (Å²) in [6, 6.07) is 1.13. The number of primary amides is 1. The maximum atomic E-state index is 13.4. The van der Waals surface area contributed by atoms with Crippen LogP contribution in [0, 0.1) is 0 Å². The molecule has 222 valence electrons. The Hall–Kier alpha value is -4.99. The summed E-state index contributed by atoms with van der Waals surface area (Å²) in [4.78, 5) is 86.8. The Bertz CT molecular complexity index is 1310. The molecule has 2 rings (SSSR count). The fourth-order valence-corrected chi connectivity index (χ4v) is 3.90. The minimum absolute atomic E-state index is 0.117. The van der Waals surface area contributed by atoms with Gasteiger partial charge in [0.1, 0.15) is 18.1 Å². The van der Waals surface area contributed by atoms with Crippen molar-refractivity contribution in [3.8, 4) is 0 Å². The molecule has 2 aromatic rings. The van der Waals surface area contributed by atoms with Crippen LogP contribution in [0.5, 0.6) is 0 Å². The molecule has 4 amide bonds. The highest BCUT2D eigenvalue weighted by Gasteiger charge is 2.32. The Morgan fingerprint density at radius 2 is 1.34 bits per heavy atom. The molecule has 11 N–H and O–H groups in total. The van der Waals surface area contributed by atoms with Crippen LogP contribution in [0.15, 0.2) is 30.5 Å². The molecule has 0 spiro atoms. The molecule has 0 aliphatic rings. The predicted molar refractivity (Wildman–Crippen MR) is 141 cm³/mol. The molecule has 16 nitrogen and oxygen atoms in total. The summed E-state index contributed by atoms with van der Waals surface area (Å²) in [6.45, 7) is 0. The van der Waals surface area contributed by atoms with Crippen molar-refractivity contribution in [2.24, 2.45) is 11.5 Å². The van der Waals surface area contributed by atoms with Gasteiger partial charge in [-0.15, -0.1) is 0 Å². The minimum atomic E-state index is -1.67. The Labute approximate surface area is 232 Å². The quantitative estimate of drug-likeness (QED) is 0.101. The SMILES string of the molecule is NC(=O)CC(NC(=O)C(Cc1c[nH]c2ccccc12)NC(=O)C(N)CCC(=O)O)C(=O)NC(CCC(=O)O)C(=O)O. The molecule has 0 bridgehead atoms. The van der Waals surface area contributed by atoms with Crippen molar-refractivity contribution in [3.63, 3.8) is 0 Å². The summed E-state index contributed by atoms with van der Waals surface area (Å²) in [5.74, 6) is -7.95. The van der Waals surface area contributed by atoms with Crippen LogP contribution < -0.4 is 27.4 Å². The van der Waals surface area contributed by atoms with Gasteiger partial charge < -0.3 is 47.7 Å². The molecule has 0 aliphatic heterocycles. The van der Waals surface area contributed by atoms with E-state index in [0.29, 0.717) is 5.56 Å². The first kappa shape index (κ1) is 32.2. The zero-order chi connectivity index (χ0) is 30.7. The molecule has 1 aromatic carbocycles. The molecule has 1 aromatic heterocycles. The molecule has 1 heterocycles. The normalized spacial score (nSPS) is 13.8. The van der Waals surface area contributed by atoms with Crippen LogP contribution in [0.3, 0.4) is 0 Å². The van der Waals surface area contributed by atoms with Crippen molar-refractivity contribution in [1.82, 2.24) is 20.9 Å². The molecular weight excluding hydrogens is 544 g/mol. The van der Waals surface area contributed by atoms with Gasteiger partial charge in [0.05, 0.1) is 12.5 Å². The second-order valence-electron chi connectivity index (χ2n) is 9.23. The summed E-state index contributed by atoms with van der Waals surface area (Å²) < 4.78 is 0. The van der Waals surface area contributed by atoms with E-state index in [0.717, 1.165) is 10.9 Å². The van der Waals surface area contributed by atoms with E-state index in [1.54, 1.807) is 30.5 Å². The number of hydrogen-bond donors (Lipinski definition) is 9. The number of amides is 4. The number of benzene rings is 1. The molecule has 0 radical (unpaired) electrons. The third kappa shape index (κ3) is 10.2. The van der Waals surface area contributed by atoms with Gasteiger partial charge in [-0.2, -0.15) is 0 Å². The Balaban J connectivity index is 2.29. The molecule has 0 saturated carbocycles. The van der Waals surface area contributed by atoms with Crippen LogP contribution in [-0.4, -0.2) is 86.0 Å². The first-order valence-corrected chi connectivity index (χ1v) is 12.4. The average Bonchev–Trinajstić information content (AvgIpc) is 3.30. The number of rotatable bonds is 17. The van der Waals surface area contributed by atoms with Gasteiger partial charge in [0, 0.05) is 36.4 Å². The number of aromatic amines is 1. The summed E-state index contributed by atoms with van der Waals surface area (Å²) in [7, 11) is 0. The van der Waals surface area contributed by atoms with E-state index < -0.39 is 91.4 Å². The molecule has 41 heavy (non-hydrogen) atoms. The van der Waals surface area contributed by atoms with Gasteiger partial charge in [0.25, 0.3) is 0 Å². The number of hydrogen-bond acceptors (Lipinski definition) is 8. The number of carboxylic acid groups (broad SMARTS) is 3. The molecule has 0 aliphatic carbocycles. The van der Waals surface area contributed by atoms with Crippen LogP contribution >= 0.6 is 0 Å². The highest BCUT2D eigenvalue weighted by Crippen LogP contribution is 2.19. The monoisotopic (exact) mass is 576 g/mol. The van der Waals surface area contributed by atoms with Gasteiger partial charge in [-0.05, 0) is 24.5 Å². The van der Waals surface area contributed by atoms with Crippen molar-refractivity contribution in [3.05, 3.63) is 36.0 Å². The van der Waals surface area contributed by atoms with E-state index in [1.807, 2.05) is 0 Å². The van der Waals surface area contributed by atoms with Crippen molar-refractivity contribution in [1.29, 1.82) is 0 Å². The van der Waals surface area contributed by atoms with E-state index in [1.165, 1.54) is 0 Å². The molecule has 0 saturated heterocycles. The number of para-hydroxylation sites is 1. The summed E-state index contributed by atoms with van der Waals surface area (Å²) >= 11 is 0. The predicted octanol–water partition coefficient (Wildman–Crippen LogP) is -1.82. The number of aromatic nitrogens is 1. The standard InChI is InChI=1S/C25H32N6O10/c26-14(5-7-20(33)34)22(37)30-17(9-12-11-28-15-4-2-1-3-13(12)15)23(38)31-18(10-19(27)32)24(39)29-16(25(40)41)6-8-21(35)36/h1-4,11,14,16-18,28H,5-10,26H2,(H2,27,32)(H,29,39)(H,30,37)(H,31,38)(H,33,34)(H,35,36)(H,40,41). The average molecular weight is 577 g/mol. The molecule has 4 unspecified atom stereocenters. The van der Waals surface area contributed by atoms with Crippen LogP contribution in [0.25, 0.3) is 10.9 Å². The number of carbonyl (C=O) groups excluding carboxylic acids is 4. The lowest BCUT2D eigenvalue weighted by molar-refractivity contribution is -0.143. The van der Waals surface area contributed by atoms with E-state index in [9.17, 15) is 38.7 Å². The highest BCUT2D eigenvalue weighted by molar-refractivity contribution is 5.96. The summed E-state index contributed by atoms with van der Waals surface area (Å²) in [6.07, 6.45) is -0.923. The Morgan fingerprint density at radius 3 is 1.95 bits per heavy atom. The lowest BCUT2D eigenvalue weighted by Gasteiger charge is -2.24. The van der Waals surface area contributed by atoms with Gasteiger partial charge >= 0.3 is 17.9 Å². The minimum Gasteiger partial charge on any atom is -0.481 e. The number of nitrogens with two attached hydrogens (primary N) is 2. The number of aliphatic carboxylic acids is 3. The summed E-state index contributed by atoms with van der Waals surface area (Å²) in [5, 5.41) is 34.6. The maximum absolute atomic E-state index is 13.4. The van der Waals surface area contributed by atoms with Crippen molar-refractivity contribution in [2.75, 3.05) is 0 Å². The van der Waals surface area contributed by atoms with Crippen LogP contribution in [0.4, 0.5) is 0 Å². The van der Waals surface area contributed by atoms with Gasteiger partial charge in [0.15, 0.2) is 0 Å². The highest BCUT2D eigenvalue weighted by atomic mass is 16.4. The first-order valence-electron chi connectivity index (χ1n) is 12.4. The van der Waals surface area contributed by atoms with Crippen molar-refractivity contribution >= 4 is 52.4 Å². The first-order chi connectivity index (χ1) is 19.3. The van der Waals surface area contributed by atoms with Gasteiger partial charge in [-0.1, -0.05) is 18.2 Å². The van der Waals surface area contributed by atoms with E-state index in [-0.39, 0.29) is 12.8 Å². The smallest absolute Gasteiger partial charge is 0.326 e. The second-order valence-corrected chi connectivity index (χ2v) is 9.23. The zero-order valence-electron chi connectivity index (χ0n) is 21.8. The van der Waals surface area contributed by atoms with Crippen LogP contribution in [-0.2, 0) is 40.0 Å². The summed E-state index contributed by atoms with van der Waals surface area (Å²) in [5.41, 5.74) is 12.3. The van der Waals surface area contributed by atoms with E-state index in [2.05, 4.69) is 20.9 Å². The molecular formula is C25H32N6O10. The fourth-order valence-electron chi connectivity index (χ4n) is 3.90. The van der Waals surface area contributed by atoms with Crippen LogP contribution in [0.2, 0.25) is 0 Å². The Kier molecular flexibility index (Phi) is 11.8. The van der Waals surface area contributed by atoms with E-state index in [4.69, 9.17) is 21.7 Å². The number of carboxylic acids is 3. The molecule has 16 heteroatoms. The van der Waals surface area contributed by atoms with Gasteiger partial charge in [0.2, 0.25) is 23.6 Å².